The van der Waals surface area contributed by atoms with E-state index in [9.17, 15) is 27.2 Å². The van der Waals surface area contributed by atoms with Gasteiger partial charge in [-0.15, -0.1) is 0 Å². The molecule has 2 aromatic rings. The van der Waals surface area contributed by atoms with E-state index in [-0.39, 0.29) is 22.1 Å². The Kier molecular flexibility index (Phi) is 5.05. The van der Waals surface area contributed by atoms with Crippen molar-refractivity contribution in [2.24, 2.45) is 0 Å². The number of carbonyl (C=O) groups excluding carboxylic acids is 2. The number of anilines is 2. The fourth-order valence-electron chi connectivity index (χ4n) is 4.14. The van der Waals surface area contributed by atoms with Crippen molar-refractivity contribution in [2.45, 2.75) is 37.9 Å². The zero-order chi connectivity index (χ0) is 23.4. The van der Waals surface area contributed by atoms with Crippen LogP contribution >= 0.6 is 12.2 Å². The molecule has 0 aromatic heterocycles. The van der Waals surface area contributed by atoms with E-state index in [1.165, 1.54) is 36.1 Å². The van der Waals surface area contributed by atoms with Crippen molar-refractivity contribution in [3.05, 3.63) is 58.9 Å². The van der Waals surface area contributed by atoms with Crippen LogP contribution in [0.1, 0.15) is 47.7 Å². The second-order valence-electron chi connectivity index (χ2n) is 7.70. The van der Waals surface area contributed by atoms with Gasteiger partial charge in [-0.05, 0) is 74.8 Å². The second-order valence-corrected chi connectivity index (χ2v) is 8.07. The van der Waals surface area contributed by atoms with Crippen LogP contribution in [0.4, 0.5) is 28.9 Å². The summed E-state index contributed by atoms with van der Waals surface area (Å²) in [7, 11) is 0. The number of amides is 1. The van der Waals surface area contributed by atoms with Crippen molar-refractivity contribution in [3.8, 4) is 6.07 Å². The summed E-state index contributed by atoms with van der Waals surface area (Å²) < 4.78 is 54.8. The first-order chi connectivity index (χ1) is 15.0. The molecule has 0 N–H and O–H groups in total. The molecule has 1 aliphatic heterocycles. The molecule has 10 heteroatoms. The molecule has 4 rings (SSSR count). The molecule has 1 heterocycles. The number of alkyl halides is 3. The average molecular weight is 461 g/mol. The van der Waals surface area contributed by atoms with Gasteiger partial charge in [0.15, 0.2) is 10.9 Å². The maximum absolute atomic E-state index is 14.5. The third kappa shape index (κ3) is 3.15. The number of hydrogen-bond donors (Lipinski definition) is 0. The normalized spacial score (nSPS) is 17.5. The third-order valence-corrected chi connectivity index (χ3v) is 6.24. The number of nitrogens with zero attached hydrogens (tertiary/aromatic N) is 3. The number of hydrogen-bond acceptors (Lipinski definition) is 4. The average Bonchev–Trinajstić information content (AvgIpc) is 2.93. The molecule has 1 saturated carbocycles. The molecule has 0 atom stereocenters. The quantitative estimate of drug-likeness (QED) is 0.367. The van der Waals surface area contributed by atoms with Crippen LogP contribution in [0.5, 0.6) is 0 Å². The van der Waals surface area contributed by atoms with E-state index >= 15 is 0 Å². The predicted octanol–water partition coefficient (Wildman–Crippen LogP) is 4.98. The molecule has 2 fully saturated rings. The van der Waals surface area contributed by atoms with Crippen molar-refractivity contribution in [2.75, 3.05) is 9.80 Å². The lowest BCUT2D eigenvalue weighted by Gasteiger charge is -2.43. The number of halogens is 4. The number of ketones is 1. The van der Waals surface area contributed by atoms with Gasteiger partial charge in [-0.25, -0.2) is 4.39 Å². The van der Waals surface area contributed by atoms with Crippen LogP contribution in [0.15, 0.2) is 36.4 Å². The lowest BCUT2D eigenvalue weighted by atomic mass is 9.75. The van der Waals surface area contributed by atoms with Gasteiger partial charge >= 0.3 is 6.18 Å². The van der Waals surface area contributed by atoms with Gasteiger partial charge < -0.3 is 4.90 Å². The van der Waals surface area contributed by atoms with Gasteiger partial charge in [0, 0.05) is 5.69 Å². The summed E-state index contributed by atoms with van der Waals surface area (Å²) in [4.78, 5) is 27.4. The van der Waals surface area contributed by atoms with Gasteiger partial charge in [-0.3, -0.25) is 14.5 Å². The molecule has 0 radical (unpaired) electrons. The Balaban J connectivity index is 1.82. The SMILES string of the molecule is CC(=O)c1ccc(N2C(=S)N(c3ccc(C#N)c(C(F)(F)F)c3)C(=O)C23CCC3)cc1F. The van der Waals surface area contributed by atoms with Crippen molar-refractivity contribution in [3.63, 3.8) is 0 Å². The predicted molar refractivity (Wildman–Crippen MR) is 112 cm³/mol. The molecule has 2 aromatic carbocycles. The van der Waals surface area contributed by atoms with Crippen LogP contribution in [0.3, 0.4) is 0 Å². The highest BCUT2D eigenvalue weighted by Crippen LogP contribution is 2.48. The lowest BCUT2D eigenvalue weighted by Crippen LogP contribution is -2.55. The highest BCUT2D eigenvalue weighted by Gasteiger charge is 2.59. The summed E-state index contributed by atoms with van der Waals surface area (Å²) in [5.74, 6) is -1.76. The van der Waals surface area contributed by atoms with E-state index in [2.05, 4.69) is 0 Å². The number of thiocarbonyl (C=S) groups is 1. The Bertz CT molecular complexity index is 1210. The smallest absolute Gasteiger partial charge is 0.303 e. The molecular weight excluding hydrogens is 446 g/mol. The monoisotopic (exact) mass is 461 g/mol. The van der Waals surface area contributed by atoms with E-state index < -0.39 is 40.3 Å². The fourth-order valence-corrected chi connectivity index (χ4v) is 4.61. The molecule has 164 valence electrons. The highest BCUT2D eigenvalue weighted by molar-refractivity contribution is 7.81. The minimum Gasteiger partial charge on any atom is -0.303 e. The number of rotatable bonds is 3. The topological polar surface area (TPSA) is 64.4 Å². The van der Waals surface area contributed by atoms with Crippen LogP contribution in [0, 0.1) is 17.1 Å². The second kappa shape index (κ2) is 7.38. The minimum absolute atomic E-state index is 0.0949. The molecule has 0 unspecified atom stereocenters. The number of benzene rings is 2. The molecule has 1 amide bonds. The molecule has 32 heavy (non-hydrogen) atoms. The number of Topliss-reactive ketones (excluding diaryl/α,β-unsaturated/α-hetero) is 1. The van der Waals surface area contributed by atoms with E-state index in [1.54, 1.807) is 0 Å². The summed E-state index contributed by atoms with van der Waals surface area (Å²) in [5, 5.41) is 8.93. The third-order valence-electron chi connectivity index (χ3n) is 5.87. The molecule has 1 aliphatic carbocycles. The Morgan fingerprint density at radius 1 is 1.16 bits per heavy atom. The van der Waals surface area contributed by atoms with E-state index in [1.807, 2.05) is 0 Å². The van der Waals surface area contributed by atoms with Gasteiger partial charge in [-0.2, -0.15) is 18.4 Å². The Morgan fingerprint density at radius 2 is 1.81 bits per heavy atom. The van der Waals surface area contributed by atoms with Crippen molar-refractivity contribution < 1.29 is 27.2 Å². The van der Waals surface area contributed by atoms with Crippen molar-refractivity contribution in [1.82, 2.24) is 0 Å². The molecule has 2 aliphatic rings. The van der Waals surface area contributed by atoms with Gasteiger partial charge in [-0.1, -0.05) is 0 Å². The van der Waals surface area contributed by atoms with Gasteiger partial charge in [0.25, 0.3) is 5.91 Å². The van der Waals surface area contributed by atoms with Crippen LogP contribution in [0.25, 0.3) is 0 Å². The van der Waals surface area contributed by atoms with Crippen LogP contribution in [-0.2, 0) is 11.0 Å². The molecule has 1 spiro atoms. The van der Waals surface area contributed by atoms with Crippen molar-refractivity contribution in [1.29, 1.82) is 5.26 Å². The molecule has 1 saturated heterocycles. The number of nitriles is 1. The van der Waals surface area contributed by atoms with E-state index in [0.29, 0.717) is 19.3 Å². The first-order valence-electron chi connectivity index (χ1n) is 9.62. The minimum atomic E-state index is -4.80. The maximum atomic E-state index is 14.5. The highest BCUT2D eigenvalue weighted by atomic mass is 32.1. The number of carbonyl (C=O) groups is 2. The van der Waals surface area contributed by atoms with Crippen LogP contribution < -0.4 is 9.80 Å². The summed E-state index contributed by atoms with van der Waals surface area (Å²) in [6.45, 7) is 1.22. The molecule has 5 nitrogen and oxygen atoms in total. The Labute approximate surface area is 185 Å². The summed E-state index contributed by atoms with van der Waals surface area (Å²) >= 11 is 5.47. The van der Waals surface area contributed by atoms with Gasteiger partial charge in [0.2, 0.25) is 0 Å². The Morgan fingerprint density at radius 3 is 2.31 bits per heavy atom. The van der Waals surface area contributed by atoms with Crippen LogP contribution in [-0.4, -0.2) is 22.3 Å². The zero-order valence-electron chi connectivity index (χ0n) is 16.7. The lowest BCUT2D eigenvalue weighted by molar-refractivity contribution is -0.137. The molecular formula is C22H15F4N3O2S. The fraction of sp³-hybridized carbons (Fsp3) is 0.273. The standard InChI is InChI=1S/C22H15F4N3O2S/c1-12(30)16-6-5-15(10-18(16)23)29-20(32)28(19(31)21(29)7-2-8-21)14-4-3-13(11-27)17(9-14)22(24,25)26/h3-6,9-10H,2,7-8H2,1H3. The maximum Gasteiger partial charge on any atom is 0.417 e. The van der Waals surface area contributed by atoms with Gasteiger partial charge in [0.1, 0.15) is 11.4 Å². The zero-order valence-corrected chi connectivity index (χ0v) is 17.5. The summed E-state index contributed by atoms with van der Waals surface area (Å²) in [6, 6.07) is 8.29. The largest absolute Gasteiger partial charge is 0.417 e. The first-order valence-corrected chi connectivity index (χ1v) is 10.0. The molecule has 0 bridgehead atoms. The van der Waals surface area contributed by atoms with Crippen LogP contribution in [0.2, 0.25) is 0 Å². The van der Waals surface area contributed by atoms with E-state index in [0.717, 1.165) is 23.1 Å². The summed E-state index contributed by atoms with van der Waals surface area (Å²) in [6.07, 6.45) is -3.33. The van der Waals surface area contributed by atoms with Crippen molar-refractivity contribution >= 4 is 40.4 Å². The Hall–Kier alpha value is -3.32. The van der Waals surface area contributed by atoms with E-state index in [4.69, 9.17) is 17.5 Å². The summed E-state index contributed by atoms with van der Waals surface area (Å²) in [5.41, 5.74) is -2.89. The van der Waals surface area contributed by atoms with Gasteiger partial charge in [0.05, 0.1) is 28.4 Å². The first kappa shape index (κ1) is 21.9.